The van der Waals surface area contributed by atoms with Gasteiger partial charge in [0.15, 0.2) is 0 Å². The molecule has 0 atom stereocenters. The Kier molecular flexibility index (Phi) is 4.24. The highest BCUT2D eigenvalue weighted by atomic mass is 16.6. The van der Waals surface area contributed by atoms with Gasteiger partial charge in [-0.1, -0.05) is 0 Å². The molecule has 0 unspecified atom stereocenters. The molecule has 0 spiro atoms. The molecule has 6 nitrogen and oxygen atoms in total. The number of hydrogen-bond acceptors (Lipinski definition) is 4. The van der Waals surface area contributed by atoms with E-state index >= 15 is 0 Å². The Balaban J connectivity index is 1.80. The van der Waals surface area contributed by atoms with E-state index in [1.165, 1.54) is 12.1 Å². The van der Waals surface area contributed by atoms with Crippen LogP contribution in [0.1, 0.15) is 11.4 Å². The van der Waals surface area contributed by atoms with Crippen molar-refractivity contribution in [3.05, 3.63) is 57.9 Å². The van der Waals surface area contributed by atoms with Crippen LogP contribution in [0.15, 0.2) is 36.4 Å². The molecule has 20 heavy (non-hydrogen) atoms. The van der Waals surface area contributed by atoms with Gasteiger partial charge in [-0.15, -0.1) is 0 Å². The van der Waals surface area contributed by atoms with Gasteiger partial charge in [-0.3, -0.25) is 14.8 Å². The molecule has 1 N–H and O–H groups in total. The Morgan fingerprint density at radius 2 is 1.75 bits per heavy atom. The highest BCUT2D eigenvalue weighted by Gasteiger charge is 2.04. The molecule has 106 valence electrons. The maximum Gasteiger partial charge on any atom is 0.269 e. The first-order valence-electron chi connectivity index (χ1n) is 6.34. The molecule has 6 heteroatoms. The predicted octanol–water partition coefficient (Wildman–Crippen LogP) is 2.64. The van der Waals surface area contributed by atoms with Crippen LogP contribution in [0.25, 0.3) is 0 Å². The second-order valence-electron chi connectivity index (χ2n) is 4.46. The first-order valence-corrected chi connectivity index (χ1v) is 6.34. The molecule has 0 saturated heterocycles. The van der Waals surface area contributed by atoms with Crippen molar-refractivity contribution in [3.8, 4) is 5.75 Å². The minimum absolute atomic E-state index is 0.0639. The van der Waals surface area contributed by atoms with Crippen LogP contribution in [-0.4, -0.2) is 22.8 Å². The fraction of sp³-hybridized carbons (Fsp3) is 0.286. The second-order valence-corrected chi connectivity index (χ2v) is 4.46. The van der Waals surface area contributed by atoms with Crippen LogP contribution in [0.5, 0.6) is 5.75 Å². The van der Waals surface area contributed by atoms with Crippen molar-refractivity contribution >= 4 is 5.69 Å². The number of aromatic nitrogens is 1. The Hall–Kier alpha value is -2.50. The number of aryl methyl sites for hydroxylation is 2. The van der Waals surface area contributed by atoms with Crippen LogP contribution in [0.2, 0.25) is 0 Å². The molecule has 1 aromatic carbocycles. The lowest BCUT2D eigenvalue weighted by Gasteiger charge is -2.13. The van der Waals surface area contributed by atoms with Crippen LogP contribution in [-0.2, 0) is 0 Å². The number of nitrogens with one attached hydrogen (secondary N) is 1. The lowest BCUT2D eigenvalue weighted by atomic mass is 10.3. The van der Waals surface area contributed by atoms with Gasteiger partial charge in [0.2, 0.25) is 0 Å². The lowest BCUT2D eigenvalue weighted by Crippen LogP contribution is -2.22. The van der Waals surface area contributed by atoms with Crippen LogP contribution >= 0.6 is 0 Å². The molecule has 0 aliphatic rings. The molecule has 0 saturated carbocycles. The van der Waals surface area contributed by atoms with E-state index in [0.717, 1.165) is 11.4 Å². The van der Waals surface area contributed by atoms with Crippen LogP contribution in [0, 0.1) is 24.0 Å². The number of rotatable bonds is 6. The average Bonchev–Trinajstić information content (AvgIpc) is 2.75. The van der Waals surface area contributed by atoms with Crippen molar-refractivity contribution in [1.29, 1.82) is 0 Å². The second kappa shape index (κ2) is 6.10. The van der Waals surface area contributed by atoms with E-state index in [2.05, 4.69) is 5.43 Å². The molecule has 0 bridgehead atoms. The summed E-state index contributed by atoms with van der Waals surface area (Å²) in [4.78, 5) is 10.1. The number of hydrogen-bond donors (Lipinski definition) is 1. The zero-order valence-corrected chi connectivity index (χ0v) is 11.5. The van der Waals surface area contributed by atoms with E-state index in [0.29, 0.717) is 18.9 Å². The van der Waals surface area contributed by atoms with Gasteiger partial charge in [-0.05, 0) is 38.1 Å². The van der Waals surface area contributed by atoms with Crippen molar-refractivity contribution in [2.45, 2.75) is 13.8 Å². The Bertz CT molecular complexity index is 571. The molecule has 1 heterocycles. The maximum atomic E-state index is 10.5. The summed E-state index contributed by atoms with van der Waals surface area (Å²) >= 11 is 0. The fourth-order valence-corrected chi connectivity index (χ4v) is 1.91. The molecule has 0 amide bonds. The molecule has 2 aromatic rings. The van der Waals surface area contributed by atoms with Crippen molar-refractivity contribution in [1.82, 2.24) is 4.68 Å². The monoisotopic (exact) mass is 275 g/mol. The zero-order chi connectivity index (χ0) is 14.5. The summed E-state index contributed by atoms with van der Waals surface area (Å²) in [7, 11) is 0. The Labute approximate surface area is 117 Å². The molecular formula is C14H17N3O3. The van der Waals surface area contributed by atoms with E-state index < -0.39 is 4.92 Å². The fourth-order valence-electron chi connectivity index (χ4n) is 1.91. The summed E-state index contributed by atoms with van der Waals surface area (Å²) in [5.74, 6) is 0.623. The van der Waals surface area contributed by atoms with Crippen molar-refractivity contribution in [2.75, 3.05) is 18.6 Å². The number of nitro groups is 1. The standard InChI is InChI=1S/C14H17N3O3/c1-11-3-4-12(2)16(11)15-9-10-20-14-7-5-13(6-8-14)17(18)19/h3-8,15H,9-10H2,1-2H3. The normalized spacial score (nSPS) is 10.3. The minimum Gasteiger partial charge on any atom is -0.492 e. The average molecular weight is 275 g/mol. The SMILES string of the molecule is Cc1ccc(C)n1NCCOc1ccc([N+](=O)[O-])cc1. The number of nitro benzene ring substituents is 1. The van der Waals surface area contributed by atoms with Crippen LogP contribution < -0.4 is 10.2 Å². The van der Waals surface area contributed by atoms with Gasteiger partial charge >= 0.3 is 0 Å². The van der Waals surface area contributed by atoms with Crippen LogP contribution in [0.3, 0.4) is 0 Å². The van der Waals surface area contributed by atoms with Crippen molar-refractivity contribution < 1.29 is 9.66 Å². The van der Waals surface area contributed by atoms with Gasteiger partial charge in [0.25, 0.3) is 5.69 Å². The minimum atomic E-state index is -0.428. The predicted molar refractivity (Wildman–Crippen MR) is 76.7 cm³/mol. The number of ether oxygens (including phenoxy) is 1. The van der Waals surface area contributed by atoms with E-state index in [4.69, 9.17) is 4.74 Å². The van der Waals surface area contributed by atoms with E-state index in [-0.39, 0.29) is 5.69 Å². The molecule has 0 fully saturated rings. The summed E-state index contributed by atoms with van der Waals surface area (Å²) < 4.78 is 7.52. The quantitative estimate of drug-likeness (QED) is 0.500. The molecular weight excluding hydrogens is 258 g/mol. The molecule has 0 radical (unpaired) electrons. The van der Waals surface area contributed by atoms with Crippen molar-refractivity contribution in [2.24, 2.45) is 0 Å². The summed E-state index contributed by atoms with van der Waals surface area (Å²) in [6, 6.07) is 10.2. The summed E-state index contributed by atoms with van der Waals surface area (Å²) in [5.41, 5.74) is 5.58. The summed E-state index contributed by atoms with van der Waals surface area (Å²) in [6.45, 7) is 5.18. The summed E-state index contributed by atoms with van der Waals surface area (Å²) in [5, 5.41) is 10.5. The zero-order valence-electron chi connectivity index (χ0n) is 11.5. The molecule has 1 aromatic heterocycles. The Morgan fingerprint density at radius 1 is 1.15 bits per heavy atom. The Morgan fingerprint density at radius 3 is 2.30 bits per heavy atom. The number of non-ortho nitro benzene ring substituents is 1. The van der Waals surface area contributed by atoms with Gasteiger partial charge in [0.1, 0.15) is 12.4 Å². The maximum absolute atomic E-state index is 10.5. The molecule has 0 aliphatic heterocycles. The first-order chi connectivity index (χ1) is 9.58. The first kappa shape index (κ1) is 13.9. The van der Waals surface area contributed by atoms with E-state index in [1.54, 1.807) is 12.1 Å². The van der Waals surface area contributed by atoms with Crippen LogP contribution in [0.4, 0.5) is 5.69 Å². The van der Waals surface area contributed by atoms with Gasteiger partial charge in [0.05, 0.1) is 11.5 Å². The van der Waals surface area contributed by atoms with E-state index in [9.17, 15) is 10.1 Å². The third-order valence-electron chi connectivity index (χ3n) is 2.96. The summed E-state index contributed by atoms with van der Waals surface area (Å²) in [6.07, 6.45) is 0. The van der Waals surface area contributed by atoms with Crippen molar-refractivity contribution in [3.63, 3.8) is 0 Å². The topological polar surface area (TPSA) is 69.3 Å². The number of nitrogens with zero attached hydrogens (tertiary/aromatic N) is 2. The third-order valence-corrected chi connectivity index (χ3v) is 2.96. The largest absolute Gasteiger partial charge is 0.492 e. The smallest absolute Gasteiger partial charge is 0.269 e. The third kappa shape index (κ3) is 3.28. The highest BCUT2D eigenvalue weighted by Crippen LogP contribution is 2.17. The molecule has 0 aliphatic carbocycles. The van der Waals surface area contributed by atoms with Gasteiger partial charge in [-0.2, -0.15) is 0 Å². The lowest BCUT2D eigenvalue weighted by molar-refractivity contribution is -0.384. The van der Waals surface area contributed by atoms with Gasteiger partial charge in [0, 0.05) is 23.5 Å². The highest BCUT2D eigenvalue weighted by molar-refractivity contribution is 5.35. The van der Waals surface area contributed by atoms with Gasteiger partial charge in [-0.25, -0.2) is 0 Å². The van der Waals surface area contributed by atoms with E-state index in [1.807, 2.05) is 30.7 Å². The van der Waals surface area contributed by atoms with Gasteiger partial charge < -0.3 is 10.2 Å². The molecule has 2 rings (SSSR count). The number of benzene rings is 1.